The van der Waals surface area contributed by atoms with Crippen LogP contribution < -0.4 is 0 Å². The zero-order valence-corrected chi connectivity index (χ0v) is 6.82. The summed E-state index contributed by atoms with van der Waals surface area (Å²) in [4.78, 5) is 13.4. The molecular weight excluding hydrogens is 166 g/mol. The van der Waals surface area contributed by atoms with Gasteiger partial charge in [-0.1, -0.05) is 17.9 Å². The lowest BCUT2D eigenvalue weighted by Crippen LogP contribution is -1.75. The molecule has 0 spiro atoms. The Labute approximate surface area is 75.7 Å². The molecule has 0 heterocycles. The number of isocyanates is 1. The fourth-order valence-corrected chi connectivity index (χ4v) is 0.848. The van der Waals surface area contributed by atoms with Crippen molar-refractivity contribution in [1.29, 1.82) is 0 Å². The third-order valence-electron chi connectivity index (χ3n) is 1.33. The normalized spacial score (nSPS) is 8.08. The van der Waals surface area contributed by atoms with Gasteiger partial charge in [-0.15, -0.1) is 0 Å². The first-order chi connectivity index (χ1) is 6.36. The van der Waals surface area contributed by atoms with Crippen LogP contribution in [0.5, 0.6) is 0 Å². The molecule has 1 rings (SSSR count). The summed E-state index contributed by atoms with van der Waals surface area (Å²) in [6, 6.07) is 6.83. The van der Waals surface area contributed by atoms with E-state index in [1.807, 2.05) is 0 Å². The average molecular weight is 173 g/mol. The Kier molecular flexibility index (Phi) is 3.46. The van der Waals surface area contributed by atoms with Crippen molar-refractivity contribution in [2.45, 2.75) is 0 Å². The maximum Gasteiger partial charge on any atom is 0.240 e. The van der Waals surface area contributed by atoms with Crippen LogP contribution in [0.1, 0.15) is 5.56 Å². The van der Waals surface area contributed by atoms with Gasteiger partial charge in [-0.3, -0.25) is 0 Å². The van der Waals surface area contributed by atoms with E-state index in [0.717, 1.165) is 0 Å². The van der Waals surface area contributed by atoms with Crippen molar-refractivity contribution in [3.8, 4) is 11.8 Å². The number of rotatable bonds is 1. The predicted octanol–water partition coefficient (Wildman–Crippen LogP) is 0.998. The highest BCUT2D eigenvalue weighted by atomic mass is 16.2. The van der Waals surface area contributed by atoms with Crippen LogP contribution in [-0.4, -0.2) is 17.8 Å². The Morgan fingerprint density at radius 3 is 3.00 bits per heavy atom. The summed E-state index contributed by atoms with van der Waals surface area (Å²) in [5.74, 6) is 5.20. The number of nitrogens with zero attached hydrogens (tertiary/aromatic N) is 1. The van der Waals surface area contributed by atoms with Crippen LogP contribution in [0.25, 0.3) is 0 Å². The summed E-state index contributed by atoms with van der Waals surface area (Å²) in [7, 11) is 0. The Morgan fingerprint density at radius 1 is 1.46 bits per heavy atom. The first-order valence-corrected chi connectivity index (χ1v) is 3.64. The molecule has 0 aliphatic heterocycles. The zero-order valence-electron chi connectivity index (χ0n) is 6.82. The Bertz CT molecular complexity index is 395. The van der Waals surface area contributed by atoms with E-state index in [1.54, 1.807) is 24.3 Å². The molecule has 0 unspecified atom stereocenters. The molecule has 0 aliphatic carbocycles. The fourth-order valence-electron chi connectivity index (χ4n) is 0.848. The maximum atomic E-state index is 9.93. The molecule has 3 nitrogen and oxygen atoms in total. The van der Waals surface area contributed by atoms with Crippen molar-refractivity contribution in [1.82, 2.24) is 0 Å². The van der Waals surface area contributed by atoms with Gasteiger partial charge in [-0.05, 0) is 18.2 Å². The first kappa shape index (κ1) is 9.21. The largest absolute Gasteiger partial charge is 0.384 e. The summed E-state index contributed by atoms with van der Waals surface area (Å²) in [5, 5.41) is 8.44. The van der Waals surface area contributed by atoms with Crippen molar-refractivity contribution < 1.29 is 9.90 Å². The van der Waals surface area contributed by atoms with Crippen molar-refractivity contribution in [2.75, 3.05) is 6.61 Å². The van der Waals surface area contributed by atoms with Crippen LogP contribution in [0.15, 0.2) is 29.3 Å². The summed E-state index contributed by atoms with van der Waals surface area (Å²) in [6.45, 7) is -0.179. The topological polar surface area (TPSA) is 49.7 Å². The van der Waals surface area contributed by atoms with Gasteiger partial charge in [0.2, 0.25) is 6.08 Å². The van der Waals surface area contributed by atoms with E-state index < -0.39 is 0 Å². The van der Waals surface area contributed by atoms with E-state index in [0.29, 0.717) is 11.3 Å². The molecular formula is C10H7NO2. The number of hydrogen-bond acceptors (Lipinski definition) is 3. The molecule has 1 aromatic carbocycles. The van der Waals surface area contributed by atoms with Crippen LogP contribution in [0, 0.1) is 11.8 Å². The SMILES string of the molecule is O=C=Nc1cccc(C#CCO)c1. The van der Waals surface area contributed by atoms with Gasteiger partial charge in [0.15, 0.2) is 0 Å². The molecule has 0 aromatic heterocycles. The lowest BCUT2D eigenvalue weighted by Gasteiger charge is -1.90. The van der Waals surface area contributed by atoms with Crippen LogP contribution in [-0.2, 0) is 4.79 Å². The number of aliphatic imine (C=N–C) groups is 1. The molecule has 13 heavy (non-hydrogen) atoms. The zero-order chi connectivity index (χ0) is 9.52. The molecule has 64 valence electrons. The highest BCUT2D eigenvalue weighted by Crippen LogP contribution is 2.11. The summed E-state index contributed by atoms with van der Waals surface area (Å²) >= 11 is 0. The van der Waals surface area contributed by atoms with Gasteiger partial charge < -0.3 is 5.11 Å². The Balaban J connectivity index is 2.98. The highest BCUT2D eigenvalue weighted by Gasteiger charge is 1.89. The molecule has 1 N–H and O–H groups in total. The predicted molar refractivity (Wildman–Crippen MR) is 48.2 cm³/mol. The van der Waals surface area contributed by atoms with Crippen LogP contribution in [0.2, 0.25) is 0 Å². The molecule has 0 radical (unpaired) electrons. The third-order valence-corrected chi connectivity index (χ3v) is 1.33. The quantitative estimate of drug-likeness (QED) is 0.391. The van der Waals surface area contributed by atoms with Crippen LogP contribution >= 0.6 is 0 Å². The van der Waals surface area contributed by atoms with Gasteiger partial charge >= 0.3 is 0 Å². The van der Waals surface area contributed by atoms with Gasteiger partial charge in [-0.2, -0.15) is 4.99 Å². The summed E-state index contributed by atoms with van der Waals surface area (Å²) in [6.07, 6.45) is 1.44. The molecule has 1 aromatic rings. The molecule has 3 heteroatoms. The highest BCUT2D eigenvalue weighted by molar-refractivity contribution is 5.52. The second-order valence-electron chi connectivity index (χ2n) is 2.21. The second-order valence-corrected chi connectivity index (χ2v) is 2.21. The van der Waals surface area contributed by atoms with Gasteiger partial charge in [0.05, 0.1) is 5.69 Å². The number of carbonyl (C=O) groups excluding carboxylic acids is 1. The van der Waals surface area contributed by atoms with Crippen molar-refractivity contribution in [2.24, 2.45) is 4.99 Å². The van der Waals surface area contributed by atoms with Gasteiger partial charge in [-0.25, -0.2) is 4.79 Å². The standard InChI is InChI=1S/C10H7NO2/c12-6-2-4-9-3-1-5-10(7-9)11-8-13/h1,3,5,7,12H,6H2. The van der Waals surface area contributed by atoms with Crippen molar-refractivity contribution >= 4 is 11.8 Å². The maximum absolute atomic E-state index is 9.93. The summed E-state index contributed by atoms with van der Waals surface area (Å²) in [5.41, 5.74) is 1.23. The van der Waals surface area contributed by atoms with E-state index in [-0.39, 0.29) is 6.61 Å². The fraction of sp³-hybridized carbons (Fsp3) is 0.100. The van der Waals surface area contributed by atoms with Gasteiger partial charge in [0.1, 0.15) is 6.61 Å². The van der Waals surface area contributed by atoms with E-state index in [1.165, 1.54) is 6.08 Å². The Morgan fingerprint density at radius 2 is 2.31 bits per heavy atom. The smallest absolute Gasteiger partial charge is 0.240 e. The number of aliphatic hydroxyl groups excluding tert-OH is 1. The molecule has 0 atom stereocenters. The minimum absolute atomic E-state index is 0.179. The van der Waals surface area contributed by atoms with Crippen molar-refractivity contribution in [3.05, 3.63) is 29.8 Å². The lowest BCUT2D eigenvalue weighted by molar-refractivity contribution is 0.350. The summed E-state index contributed by atoms with van der Waals surface area (Å²) < 4.78 is 0. The van der Waals surface area contributed by atoms with Crippen molar-refractivity contribution in [3.63, 3.8) is 0 Å². The first-order valence-electron chi connectivity index (χ1n) is 3.64. The molecule has 0 saturated heterocycles. The number of aliphatic hydroxyl groups is 1. The molecule has 0 amide bonds. The molecule has 0 saturated carbocycles. The van der Waals surface area contributed by atoms with Crippen LogP contribution in [0.4, 0.5) is 5.69 Å². The minimum Gasteiger partial charge on any atom is -0.384 e. The Hall–Kier alpha value is -1.88. The lowest BCUT2D eigenvalue weighted by atomic mass is 10.2. The van der Waals surface area contributed by atoms with E-state index >= 15 is 0 Å². The monoisotopic (exact) mass is 173 g/mol. The van der Waals surface area contributed by atoms with Crippen LogP contribution in [0.3, 0.4) is 0 Å². The molecule has 0 bridgehead atoms. The molecule has 0 aliphatic rings. The number of benzene rings is 1. The number of hydrogen-bond donors (Lipinski definition) is 1. The van der Waals surface area contributed by atoms with E-state index in [9.17, 15) is 4.79 Å². The van der Waals surface area contributed by atoms with E-state index in [2.05, 4.69) is 16.8 Å². The van der Waals surface area contributed by atoms with E-state index in [4.69, 9.17) is 5.11 Å². The average Bonchev–Trinajstić information content (AvgIpc) is 2.16. The van der Waals surface area contributed by atoms with Gasteiger partial charge in [0.25, 0.3) is 0 Å². The second kappa shape index (κ2) is 4.89. The van der Waals surface area contributed by atoms with Gasteiger partial charge in [0, 0.05) is 5.56 Å². The molecule has 0 fully saturated rings. The third kappa shape index (κ3) is 2.92. The minimum atomic E-state index is -0.179.